The van der Waals surface area contributed by atoms with Gasteiger partial charge in [0.2, 0.25) is 0 Å². The molecule has 246 valence electrons. The molecule has 0 amide bonds. The molecule has 0 saturated heterocycles. The summed E-state index contributed by atoms with van der Waals surface area (Å²) in [6.45, 7) is 4.32. The van der Waals surface area contributed by atoms with Gasteiger partial charge in [0.15, 0.2) is 0 Å². The van der Waals surface area contributed by atoms with Gasteiger partial charge in [0.1, 0.15) is 0 Å². The maximum absolute atomic E-state index is 5.40. The standard InChI is InChI=1S/C49H35N3/c1-32-22-24-48-42(26-32)40-18-6-8-20-46(40)51(48)38-16-10-14-35(28-38)44-30-37(34-12-4-3-5-13-34)31-45(50-44)36-15-11-17-39(29-36)52-47-21-9-7-19-41(47)43-27-33(2)23-25-49(43)52/h3-31H,1-2H3. The highest BCUT2D eigenvalue weighted by molar-refractivity contribution is 6.10. The van der Waals surface area contributed by atoms with Crippen LogP contribution in [0.5, 0.6) is 0 Å². The van der Waals surface area contributed by atoms with Crippen molar-refractivity contribution >= 4 is 43.6 Å². The number of rotatable bonds is 5. The molecule has 3 nitrogen and oxygen atoms in total. The highest BCUT2D eigenvalue weighted by Crippen LogP contribution is 2.37. The van der Waals surface area contributed by atoms with Gasteiger partial charge in [-0.25, -0.2) is 4.98 Å². The Bertz CT molecular complexity index is 2800. The fourth-order valence-electron chi connectivity index (χ4n) is 7.96. The zero-order chi connectivity index (χ0) is 34.8. The van der Waals surface area contributed by atoms with Crippen molar-refractivity contribution in [1.82, 2.24) is 14.1 Å². The summed E-state index contributed by atoms with van der Waals surface area (Å²) >= 11 is 0. The fourth-order valence-corrected chi connectivity index (χ4v) is 7.96. The second-order valence-electron chi connectivity index (χ2n) is 13.8. The van der Waals surface area contributed by atoms with Crippen LogP contribution >= 0.6 is 0 Å². The van der Waals surface area contributed by atoms with Crippen LogP contribution in [0, 0.1) is 13.8 Å². The van der Waals surface area contributed by atoms with E-state index in [4.69, 9.17) is 4.98 Å². The Morgan fingerprint density at radius 1 is 0.327 bits per heavy atom. The van der Waals surface area contributed by atoms with Crippen LogP contribution in [0.25, 0.3) is 88.6 Å². The summed E-state index contributed by atoms with van der Waals surface area (Å²) in [4.78, 5) is 5.40. The monoisotopic (exact) mass is 665 g/mol. The normalized spacial score (nSPS) is 11.7. The van der Waals surface area contributed by atoms with Crippen LogP contribution in [-0.4, -0.2) is 14.1 Å². The zero-order valence-electron chi connectivity index (χ0n) is 29.1. The quantitative estimate of drug-likeness (QED) is 0.179. The lowest BCUT2D eigenvalue weighted by Gasteiger charge is -2.14. The van der Waals surface area contributed by atoms with E-state index in [1.165, 1.54) is 54.7 Å². The molecule has 0 aliphatic heterocycles. The molecule has 0 spiro atoms. The van der Waals surface area contributed by atoms with E-state index in [0.29, 0.717) is 0 Å². The van der Waals surface area contributed by atoms with Crippen LogP contribution in [0.15, 0.2) is 176 Å². The second-order valence-corrected chi connectivity index (χ2v) is 13.8. The zero-order valence-corrected chi connectivity index (χ0v) is 29.1. The van der Waals surface area contributed by atoms with Crippen LogP contribution < -0.4 is 0 Å². The summed E-state index contributed by atoms with van der Waals surface area (Å²) in [5.74, 6) is 0. The average Bonchev–Trinajstić information content (AvgIpc) is 3.70. The number of benzene rings is 7. The van der Waals surface area contributed by atoms with Crippen LogP contribution in [-0.2, 0) is 0 Å². The Kier molecular flexibility index (Phi) is 6.94. The Morgan fingerprint density at radius 3 is 1.29 bits per heavy atom. The molecule has 0 saturated carbocycles. The first kappa shape index (κ1) is 30.1. The molecule has 3 heteroatoms. The summed E-state index contributed by atoms with van der Waals surface area (Å²) < 4.78 is 4.76. The Labute approximate surface area is 302 Å². The van der Waals surface area contributed by atoms with E-state index >= 15 is 0 Å². The predicted octanol–water partition coefficient (Wildman–Crippen LogP) is 12.9. The van der Waals surface area contributed by atoms with Crippen LogP contribution in [0.4, 0.5) is 0 Å². The molecule has 3 heterocycles. The summed E-state index contributed by atoms with van der Waals surface area (Å²) in [5.41, 5.74) is 15.9. The van der Waals surface area contributed by atoms with Gasteiger partial charge in [-0.05, 0) is 97.8 Å². The Hall–Kier alpha value is -6.71. The number of aromatic nitrogens is 3. The van der Waals surface area contributed by atoms with Gasteiger partial charge in [-0.1, -0.05) is 114 Å². The van der Waals surface area contributed by atoms with Crippen molar-refractivity contribution in [2.75, 3.05) is 0 Å². The van der Waals surface area contributed by atoms with Crippen LogP contribution in [0.1, 0.15) is 11.1 Å². The smallest absolute Gasteiger partial charge is 0.0716 e. The SMILES string of the molecule is Cc1ccc2c(c1)c1ccccc1n2-c1cccc(-c2cc(-c3ccccc3)cc(-c3cccc(-n4c5ccccc5c5cc(C)ccc54)c3)n2)c1. The van der Waals surface area contributed by atoms with Gasteiger partial charge in [0, 0.05) is 44.0 Å². The molecule has 3 aromatic heterocycles. The first-order valence-corrected chi connectivity index (χ1v) is 17.9. The minimum absolute atomic E-state index is 0.938. The summed E-state index contributed by atoms with van der Waals surface area (Å²) in [6, 6.07) is 63.6. The van der Waals surface area contributed by atoms with E-state index < -0.39 is 0 Å². The van der Waals surface area contributed by atoms with Crippen molar-refractivity contribution in [2.24, 2.45) is 0 Å². The lowest BCUT2D eigenvalue weighted by molar-refractivity contribution is 1.17. The third kappa shape index (κ3) is 4.93. The third-order valence-electron chi connectivity index (χ3n) is 10.4. The van der Waals surface area contributed by atoms with E-state index in [0.717, 1.165) is 45.0 Å². The molecule has 0 aliphatic rings. The van der Waals surface area contributed by atoms with Gasteiger partial charge >= 0.3 is 0 Å². The lowest BCUT2D eigenvalue weighted by Crippen LogP contribution is -1.97. The van der Waals surface area contributed by atoms with Crippen LogP contribution in [0.3, 0.4) is 0 Å². The summed E-state index contributed by atoms with van der Waals surface area (Å²) in [6.07, 6.45) is 0. The van der Waals surface area contributed by atoms with Gasteiger partial charge in [0.25, 0.3) is 0 Å². The van der Waals surface area contributed by atoms with E-state index in [2.05, 4.69) is 199 Å². The number of para-hydroxylation sites is 2. The molecular weight excluding hydrogens is 631 g/mol. The molecule has 0 bridgehead atoms. The lowest BCUT2D eigenvalue weighted by atomic mass is 9.99. The van der Waals surface area contributed by atoms with Gasteiger partial charge in [0.05, 0.1) is 33.5 Å². The summed E-state index contributed by atoms with van der Waals surface area (Å²) in [5, 5.41) is 5.06. The predicted molar refractivity (Wildman–Crippen MR) is 219 cm³/mol. The number of hydrogen-bond donors (Lipinski definition) is 0. The maximum atomic E-state index is 5.40. The number of pyridine rings is 1. The maximum Gasteiger partial charge on any atom is 0.0716 e. The third-order valence-corrected chi connectivity index (χ3v) is 10.4. The van der Waals surface area contributed by atoms with E-state index in [-0.39, 0.29) is 0 Å². The Balaban J connectivity index is 1.15. The van der Waals surface area contributed by atoms with Crippen molar-refractivity contribution in [3.05, 3.63) is 187 Å². The largest absolute Gasteiger partial charge is 0.309 e. The Morgan fingerprint density at radius 2 is 0.769 bits per heavy atom. The number of hydrogen-bond acceptors (Lipinski definition) is 1. The first-order chi connectivity index (χ1) is 25.6. The molecule has 10 rings (SSSR count). The number of aryl methyl sites for hydroxylation is 2. The average molecular weight is 666 g/mol. The molecule has 0 atom stereocenters. The molecule has 0 unspecified atom stereocenters. The van der Waals surface area contributed by atoms with Crippen molar-refractivity contribution in [1.29, 1.82) is 0 Å². The molecule has 0 radical (unpaired) electrons. The van der Waals surface area contributed by atoms with Crippen molar-refractivity contribution < 1.29 is 0 Å². The molecule has 7 aromatic carbocycles. The molecular formula is C49H35N3. The molecule has 52 heavy (non-hydrogen) atoms. The molecule has 0 N–H and O–H groups in total. The van der Waals surface area contributed by atoms with E-state index in [1.807, 2.05) is 0 Å². The number of fused-ring (bicyclic) bond motifs is 6. The second kappa shape index (κ2) is 12.0. The van der Waals surface area contributed by atoms with Crippen molar-refractivity contribution in [3.8, 4) is 45.0 Å². The van der Waals surface area contributed by atoms with Gasteiger partial charge in [-0.3, -0.25) is 0 Å². The molecule has 10 aromatic rings. The van der Waals surface area contributed by atoms with Crippen molar-refractivity contribution in [3.63, 3.8) is 0 Å². The topological polar surface area (TPSA) is 22.8 Å². The van der Waals surface area contributed by atoms with Gasteiger partial charge in [-0.15, -0.1) is 0 Å². The molecule has 0 aliphatic carbocycles. The van der Waals surface area contributed by atoms with Gasteiger partial charge < -0.3 is 9.13 Å². The van der Waals surface area contributed by atoms with Crippen LogP contribution in [0.2, 0.25) is 0 Å². The minimum Gasteiger partial charge on any atom is -0.309 e. The highest BCUT2D eigenvalue weighted by atomic mass is 15.0. The van der Waals surface area contributed by atoms with E-state index in [9.17, 15) is 0 Å². The highest BCUT2D eigenvalue weighted by Gasteiger charge is 2.16. The summed E-state index contributed by atoms with van der Waals surface area (Å²) in [7, 11) is 0. The van der Waals surface area contributed by atoms with E-state index in [1.54, 1.807) is 0 Å². The molecule has 0 fully saturated rings. The first-order valence-electron chi connectivity index (χ1n) is 17.9. The fraction of sp³-hybridized carbons (Fsp3) is 0.0408. The van der Waals surface area contributed by atoms with Crippen molar-refractivity contribution in [2.45, 2.75) is 13.8 Å². The minimum atomic E-state index is 0.938. The number of nitrogens with zero attached hydrogens (tertiary/aromatic N) is 3. The van der Waals surface area contributed by atoms with Gasteiger partial charge in [-0.2, -0.15) is 0 Å².